The van der Waals surface area contributed by atoms with E-state index >= 15 is 0 Å². The van der Waals surface area contributed by atoms with E-state index in [0.717, 1.165) is 22.3 Å². The fraction of sp³-hybridized carbons (Fsp3) is 0.231. The van der Waals surface area contributed by atoms with Crippen molar-refractivity contribution in [2.45, 2.75) is 19.9 Å². The van der Waals surface area contributed by atoms with Gasteiger partial charge in [0.15, 0.2) is 0 Å². The van der Waals surface area contributed by atoms with Crippen molar-refractivity contribution in [3.05, 3.63) is 45.9 Å². The van der Waals surface area contributed by atoms with Crippen molar-refractivity contribution in [3.63, 3.8) is 0 Å². The predicted molar refractivity (Wildman–Crippen MR) is 82.9 cm³/mol. The topological polar surface area (TPSA) is 68.5 Å². The highest BCUT2D eigenvalue weighted by Crippen LogP contribution is 2.19. The van der Waals surface area contributed by atoms with Crippen molar-refractivity contribution in [1.29, 1.82) is 0 Å². The second kappa shape index (κ2) is 6.37. The maximum absolute atomic E-state index is 13.2. The summed E-state index contributed by atoms with van der Waals surface area (Å²) in [5, 5.41) is 21.0. The summed E-state index contributed by atoms with van der Waals surface area (Å²) in [6.45, 7) is 2.51. The molecule has 0 unspecified atom stereocenters. The summed E-state index contributed by atoms with van der Waals surface area (Å²) in [4.78, 5) is 0. The molecule has 3 aromatic rings. The summed E-state index contributed by atoms with van der Waals surface area (Å²) in [5.74, 6) is -0.463. The second-order valence-corrected chi connectivity index (χ2v) is 5.93. The molecule has 0 saturated heterocycles. The van der Waals surface area contributed by atoms with Crippen LogP contribution in [-0.2, 0) is 13.0 Å². The van der Waals surface area contributed by atoms with Crippen LogP contribution in [0.2, 0.25) is 5.02 Å². The molecule has 0 bridgehead atoms. The van der Waals surface area contributed by atoms with Crippen LogP contribution in [0.25, 0.3) is 5.69 Å². The summed E-state index contributed by atoms with van der Waals surface area (Å²) in [7, 11) is 0. The molecular weight excluding hydrogens is 327 g/mol. The molecule has 1 N–H and O–H groups in total. The maximum Gasteiger partial charge on any atom is 0.205 e. The zero-order valence-corrected chi connectivity index (χ0v) is 13.2. The molecule has 9 heteroatoms. The number of benzene rings is 1. The van der Waals surface area contributed by atoms with E-state index in [1.807, 2.05) is 6.92 Å². The third-order valence-corrected chi connectivity index (χ3v) is 4.21. The molecule has 2 aromatic heterocycles. The number of aromatic nitrogens is 5. The Bertz CT molecular complexity index is 786. The van der Waals surface area contributed by atoms with Crippen LogP contribution in [0, 0.1) is 5.82 Å². The van der Waals surface area contributed by atoms with Crippen LogP contribution in [-0.4, -0.2) is 25.2 Å². The standard InChI is InChI=1S/C13H12ClFN6S/c1-2-12-18-19-13(22-12)16-6-8-7-21(20-17-8)9-3-4-11(15)10(14)5-9/h3-5,7H,2,6H2,1H3,(H,16,19). The molecular formula is C13H12ClFN6S. The minimum absolute atomic E-state index is 0.0497. The average molecular weight is 339 g/mol. The van der Waals surface area contributed by atoms with Gasteiger partial charge in [-0.2, -0.15) is 0 Å². The second-order valence-electron chi connectivity index (χ2n) is 4.46. The highest BCUT2D eigenvalue weighted by Gasteiger charge is 2.07. The first-order valence-corrected chi connectivity index (χ1v) is 7.78. The van der Waals surface area contributed by atoms with E-state index < -0.39 is 5.82 Å². The first-order valence-electron chi connectivity index (χ1n) is 6.58. The van der Waals surface area contributed by atoms with Gasteiger partial charge in [-0.15, -0.1) is 15.3 Å². The van der Waals surface area contributed by atoms with E-state index in [2.05, 4.69) is 25.8 Å². The van der Waals surface area contributed by atoms with E-state index in [9.17, 15) is 4.39 Å². The number of nitrogens with one attached hydrogen (secondary N) is 1. The molecule has 0 radical (unpaired) electrons. The number of aryl methyl sites for hydroxylation is 1. The Hall–Kier alpha value is -2.06. The van der Waals surface area contributed by atoms with Gasteiger partial charge in [0.1, 0.15) is 16.5 Å². The Morgan fingerprint density at radius 1 is 1.32 bits per heavy atom. The van der Waals surface area contributed by atoms with Crippen LogP contribution in [0.4, 0.5) is 9.52 Å². The molecule has 0 atom stereocenters. The quantitative estimate of drug-likeness (QED) is 0.774. The monoisotopic (exact) mass is 338 g/mol. The number of nitrogens with zero attached hydrogens (tertiary/aromatic N) is 5. The Morgan fingerprint density at radius 3 is 2.91 bits per heavy atom. The summed E-state index contributed by atoms with van der Waals surface area (Å²) in [6, 6.07) is 4.39. The van der Waals surface area contributed by atoms with E-state index in [1.54, 1.807) is 16.9 Å². The van der Waals surface area contributed by atoms with Gasteiger partial charge in [-0.1, -0.05) is 35.1 Å². The van der Waals surface area contributed by atoms with Crippen LogP contribution in [0.3, 0.4) is 0 Å². The first-order chi connectivity index (χ1) is 10.7. The molecule has 0 aliphatic rings. The zero-order valence-electron chi connectivity index (χ0n) is 11.6. The number of halogens is 2. The van der Waals surface area contributed by atoms with Gasteiger partial charge in [-0.3, -0.25) is 0 Å². The third-order valence-electron chi connectivity index (χ3n) is 2.90. The normalized spacial score (nSPS) is 10.9. The van der Waals surface area contributed by atoms with Gasteiger partial charge in [-0.05, 0) is 24.6 Å². The molecule has 22 heavy (non-hydrogen) atoms. The molecule has 0 fully saturated rings. The molecule has 2 heterocycles. The van der Waals surface area contributed by atoms with E-state index in [-0.39, 0.29) is 5.02 Å². The van der Waals surface area contributed by atoms with Gasteiger partial charge >= 0.3 is 0 Å². The molecule has 114 valence electrons. The largest absolute Gasteiger partial charge is 0.354 e. The Labute approximate surface area is 135 Å². The van der Waals surface area contributed by atoms with Gasteiger partial charge in [-0.25, -0.2) is 9.07 Å². The van der Waals surface area contributed by atoms with Crippen molar-refractivity contribution in [1.82, 2.24) is 25.2 Å². The van der Waals surface area contributed by atoms with E-state index in [4.69, 9.17) is 11.6 Å². The molecule has 6 nitrogen and oxygen atoms in total. The molecule has 1 aromatic carbocycles. The van der Waals surface area contributed by atoms with Crippen molar-refractivity contribution in [2.75, 3.05) is 5.32 Å². The van der Waals surface area contributed by atoms with Gasteiger partial charge in [0, 0.05) is 0 Å². The van der Waals surface area contributed by atoms with Gasteiger partial charge < -0.3 is 5.32 Å². The van der Waals surface area contributed by atoms with Crippen molar-refractivity contribution in [2.24, 2.45) is 0 Å². The van der Waals surface area contributed by atoms with Crippen LogP contribution in [0.15, 0.2) is 24.4 Å². The molecule has 0 amide bonds. The van der Waals surface area contributed by atoms with Gasteiger partial charge in [0.25, 0.3) is 0 Å². The van der Waals surface area contributed by atoms with Crippen molar-refractivity contribution in [3.8, 4) is 5.69 Å². The summed E-state index contributed by atoms with van der Waals surface area (Å²) in [5.41, 5.74) is 1.38. The number of hydrogen-bond donors (Lipinski definition) is 1. The lowest BCUT2D eigenvalue weighted by Crippen LogP contribution is -1.99. The minimum atomic E-state index is -0.463. The number of anilines is 1. The minimum Gasteiger partial charge on any atom is -0.354 e. The maximum atomic E-state index is 13.2. The van der Waals surface area contributed by atoms with E-state index in [1.165, 1.54) is 23.5 Å². The Balaban J connectivity index is 1.69. The van der Waals surface area contributed by atoms with Crippen LogP contribution in [0.5, 0.6) is 0 Å². The van der Waals surface area contributed by atoms with Crippen LogP contribution >= 0.6 is 22.9 Å². The lowest BCUT2D eigenvalue weighted by molar-refractivity contribution is 0.627. The summed E-state index contributed by atoms with van der Waals surface area (Å²) in [6.07, 6.45) is 2.61. The van der Waals surface area contributed by atoms with Gasteiger partial charge in [0.2, 0.25) is 5.13 Å². The molecule has 0 aliphatic carbocycles. The third kappa shape index (κ3) is 3.23. The Kier molecular flexibility index (Phi) is 4.30. The lowest BCUT2D eigenvalue weighted by atomic mass is 10.3. The van der Waals surface area contributed by atoms with Crippen LogP contribution in [0.1, 0.15) is 17.6 Å². The number of hydrogen-bond acceptors (Lipinski definition) is 6. The smallest absolute Gasteiger partial charge is 0.205 e. The van der Waals surface area contributed by atoms with Crippen molar-refractivity contribution < 1.29 is 4.39 Å². The lowest BCUT2D eigenvalue weighted by Gasteiger charge is -2.01. The molecule has 0 spiro atoms. The van der Waals surface area contributed by atoms with Gasteiger partial charge in [0.05, 0.1) is 23.5 Å². The fourth-order valence-corrected chi connectivity index (χ4v) is 2.62. The predicted octanol–water partition coefficient (Wildman–Crippen LogP) is 3.09. The fourth-order valence-electron chi connectivity index (χ4n) is 1.77. The first kappa shape index (κ1) is 14.9. The highest BCUT2D eigenvalue weighted by molar-refractivity contribution is 7.15. The number of rotatable bonds is 5. The zero-order chi connectivity index (χ0) is 15.5. The van der Waals surface area contributed by atoms with Crippen molar-refractivity contribution >= 4 is 28.1 Å². The summed E-state index contributed by atoms with van der Waals surface area (Å²) >= 11 is 7.28. The van der Waals surface area contributed by atoms with E-state index in [0.29, 0.717) is 12.2 Å². The molecule has 0 aliphatic heterocycles. The summed E-state index contributed by atoms with van der Waals surface area (Å²) < 4.78 is 14.7. The highest BCUT2D eigenvalue weighted by atomic mass is 35.5. The molecule has 0 saturated carbocycles. The molecule has 3 rings (SSSR count). The Morgan fingerprint density at radius 2 is 2.18 bits per heavy atom. The SMILES string of the molecule is CCc1nnc(NCc2cn(-c3ccc(F)c(Cl)c3)nn2)s1. The van der Waals surface area contributed by atoms with Crippen LogP contribution < -0.4 is 5.32 Å². The average Bonchev–Trinajstić information content (AvgIpc) is 3.16.